The fourth-order valence-corrected chi connectivity index (χ4v) is 2.40. The van der Waals surface area contributed by atoms with E-state index < -0.39 is 11.7 Å². The van der Waals surface area contributed by atoms with E-state index in [0.717, 1.165) is 11.6 Å². The zero-order valence-corrected chi connectivity index (χ0v) is 12.2. The van der Waals surface area contributed by atoms with Gasteiger partial charge in [0.25, 0.3) is 0 Å². The van der Waals surface area contributed by atoms with Gasteiger partial charge in [0, 0.05) is 10.6 Å². The predicted molar refractivity (Wildman–Crippen MR) is 79.7 cm³/mol. The van der Waals surface area contributed by atoms with Crippen LogP contribution in [0.1, 0.15) is 11.3 Å². The van der Waals surface area contributed by atoms with Crippen molar-refractivity contribution in [3.8, 4) is 11.3 Å². The maximum atomic E-state index is 13.0. The van der Waals surface area contributed by atoms with Crippen LogP contribution in [0, 0.1) is 6.92 Å². The number of para-hydroxylation sites is 1. The van der Waals surface area contributed by atoms with Gasteiger partial charge in [0.1, 0.15) is 5.52 Å². The summed E-state index contributed by atoms with van der Waals surface area (Å²) >= 11 is 5.84. The SMILES string of the molecule is Cc1nc2c(C(F)(F)F)cccc2nc1-c1ccc(Cl)cc1. The van der Waals surface area contributed by atoms with Gasteiger partial charge >= 0.3 is 6.18 Å². The lowest BCUT2D eigenvalue weighted by Crippen LogP contribution is -2.08. The van der Waals surface area contributed by atoms with E-state index in [0.29, 0.717) is 16.4 Å². The van der Waals surface area contributed by atoms with Crippen molar-refractivity contribution in [2.45, 2.75) is 13.1 Å². The van der Waals surface area contributed by atoms with E-state index in [-0.39, 0.29) is 11.0 Å². The Morgan fingerprint density at radius 2 is 1.64 bits per heavy atom. The molecule has 112 valence electrons. The molecule has 0 atom stereocenters. The van der Waals surface area contributed by atoms with Crippen molar-refractivity contribution in [1.82, 2.24) is 9.97 Å². The molecule has 0 aliphatic carbocycles. The number of nitrogens with zero attached hydrogens (tertiary/aromatic N) is 2. The normalized spacial score (nSPS) is 11.9. The van der Waals surface area contributed by atoms with Crippen molar-refractivity contribution in [3.05, 3.63) is 58.7 Å². The van der Waals surface area contributed by atoms with Crippen LogP contribution in [0.15, 0.2) is 42.5 Å². The van der Waals surface area contributed by atoms with Crippen LogP contribution in [-0.2, 0) is 6.18 Å². The molecule has 2 nitrogen and oxygen atoms in total. The van der Waals surface area contributed by atoms with Crippen molar-refractivity contribution in [1.29, 1.82) is 0 Å². The van der Waals surface area contributed by atoms with Crippen molar-refractivity contribution >= 4 is 22.6 Å². The lowest BCUT2D eigenvalue weighted by Gasteiger charge is -2.12. The summed E-state index contributed by atoms with van der Waals surface area (Å²) in [7, 11) is 0. The van der Waals surface area contributed by atoms with Crippen LogP contribution >= 0.6 is 11.6 Å². The average Bonchev–Trinajstić information content (AvgIpc) is 2.46. The average molecular weight is 323 g/mol. The Morgan fingerprint density at radius 1 is 0.955 bits per heavy atom. The molecule has 0 amide bonds. The summed E-state index contributed by atoms with van der Waals surface area (Å²) < 4.78 is 39.1. The minimum atomic E-state index is -4.46. The third-order valence-electron chi connectivity index (χ3n) is 3.29. The van der Waals surface area contributed by atoms with Crippen LogP contribution in [0.4, 0.5) is 13.2 Å². The Morgan fingerprint density at radius 3 is 2.27 bits per heavy atom. The number of hydrogen-bond donors (Lipinski definition) is 0. The summed E-state index contributed by atoms with van der Waals surface area (Å²) in [5, 5.41) is 0.578. The van der Waals surface area contributed by atoms with Gasteiger partial charge in [0.2, 0.25) is 0 Å². The van der Waals surface area contributed by atoms with Crippen molar-refractivity contribution < 1.29 is 13.2 Å². The van der Waals surface area contributed by atoms with Crippen LogP contribution in [-0.4, -0.2) is 9.97 Å². The number of benzene rings is 2. The number of hydrogen-bond acceptors (Lipinski definition) is 2. The van der Waals surface area contributed by atoms with Gasteiger partial charge in [-0.15, -0.1) is 0 Å². The molecule has 1 aromatic heterocycles. The first-order chi connectivity index (χ1) is 10.4. The Hall–Kier alpha value is -2.14. The molecule has 0 spiro atoms. The number of aromatic nitrogens is 2. The molecule has 0 aliphatic heterocycles. The summed E-state index contributed by atoms with van der Waals surface area (Å²) in [6.07, 6.45) is -4.46. The maximum Gasteiger partial charge on any atom is 0.418 e. The van der Waals surface area contributed by atoms with Crippen molar-refractivity contribution in [2.24, 2.45) is 0 Å². The lowest BCUT2D eigenvalue weighted by molar-refractivity contribution is -0.136. The fourth-order valence-electron chi connectivity index (χ4n) is 2.27. The van der Waals surface area contributed by atoms with Crippen molar-refractivity contribution in [2.75, 3.05) is 0 Å². The van der Waals surface area contributed by atoms with E-state index in [1.807, 2.05) is 0 Å². The summed E-state index contributed by atoms with van der Waals surface area (Å²) in [4.78, 5) is 8.47. The van der Waals surface area contributed by atoms with E-state index in [1.54, 1.807) is 31.2 Å². The first-order valence-electron chi connectivity index (χ1n) is 6.47. The highest BCUT2D eigenvalue weighted by molar-refractivity contribution is 6.30. The second kappa shape index (κ2) is 5.25. The van der Waals surface area contributed by atoms with E-state index >= 15 is 0 Å². The summed E-state index contributed by atoms with van der Waals surface area (Å²) in [5.74, 6) is 0. The first-order valence-corrected chi connectivity index (χ1v) is 6.84. The maximum absolute atomic E-state index is 13.0. The highest BCUT2D eigenvalue weighted by Crippen LogP contribution is 2.34. The van der Waals surface area contributed by atoms with Crippen LogP contribution in [0.5, 0.6) is 0 Å². The summed E-state index contributed by atoms with van der Waals surface area (Å²) in [6.45, 7) is 1.64. The molecule has 3 aromatic rings. The monoisotopic (exact) mass is 322 g/mol. The van der Waals surface area contributed by atoms with Gasteiger partial charge in [-0.25, -0.2) is 9.97 Å². The zero-order chi connectivity index (χ0) is 15.9. The Bertz CT molecular complexity index is 842. The molecule has 0 aliphatic rings. The summed E-state index contributed by atoms with van der Waals surface area (Å²) in [6, 6.07) is 10.8. The van der Waals surface area contributed by atoms with E-state index in [4.69, 9.17) is 11.6 Å². The Kier molecular flexibility index (Phi) is 3.53. The number of rotatable bonds is 1. The minimum Gasteiger partial charge on any atom is -0.249 e. The molecular weight excluding hydrogens is 313 g/mol. The molecule has 0 radical (unpaired) electrons. The first kappa shape index (κ1) is 14.8. The standard InChI is InChI=1S/C16H10ClF3N2/c1-9-14(10-5-7-11(17)8-6-10)22-13-4-2-3-12(15(13)21-9)16(18,19)20/h2-8H,1H3. The van der Waals surface area contributed by atoms with Gasteiger partial charge < -0.3 is 0 Å². The highest BCUT2D eigenvalue weighted by atomic mass is 35.5. The van der Waals surface area contributed by atoms with E-state index in [9.17, 15) is 13.2 Å². The van der Waals surface area contributed by atoms with E-state index in [1.165, 1.54) is 12.1 Å². The number of aryl methyl sites for hydroxylation is 1. The Balaban J connectivity index is 2.24. The second-order valence-corrected chi connectivity index (χ2v) is 5.27. The summed E-state index contributed by atoms with van der Waals surface area (Å²) in [5.41, 5.74) is 1.04. The van der Waals surface area contributed by atoms with Crippen molar-refractivity contribution in [3.63, 3.8) is 0 Å². The van der Waals surface area contributed by atoms with Gasteiger partial charge in [-0.1, -0.05) is 29.8 Å². The van der Waals surface area contributed by atoms with Gasteiger partial charge in [0.15, 0.2) is 0 Å². The molecule has 0 saturated heterocycles. The van der Waals surface area contributed by atoms with E-state index in [2.05, 4.69) is 9.97 Å². The second-order valence-electron chi connectivity index (χ2n) is 4.84. The van der Waals surface area contributed by atoms with Gasteiger partial charge in [-0.05, 0) is 31.2 Å². The van der Waals surface area contributed by atoms with Crippen LogP contribution in [0.2, 0.25) is 5.02 Å². The minimum absolute atomic E-state index is 0.134. The molecule has 0 fully saturated rings. The number of halogens is 4. The molecule has 0 saturated carbocycles. The van der Waals surface area contributed by atoms with Gasteiger partial charge in [-0.3, -0.25) is 0 Å². The zero-order valence-electron chi connectivity index (χ0n) is 11.4. The van der Waals surface area contributed by atoms with Crippen LogP contribution in [0.3, 0.4) is 0 Å². The topological polar surface area (TPSA) is 25.8 Å². The molecule has 1 heterocycles. The fraction of sp³-hybridized carbons (Fsp3) is 0.125. The molecule has 3 rings (SSSR count). The molecule has 2 aromatic carbocycles. The molecule has 0 N–H and O–H groups in total. The molecule has 6 heteroatoms. The van der Waals surface area contributed by atoms with Gasteiger partial charge in [0.05, 0.1) is 22.5 Å². The predicted octanol–water partition coefficient (Wildman–Crippen LogP) is 5.28. The highest BCUT2D eigenvalue weighted by Gasteiger charge is 2.33. The van der Waals surface area contributed by atoms with Crippen LogP contribution in [0.25, 0.3) is 22.3 Å². The lowest BCUT2D eigenvalue weighted by atomic mass is 10.1. The quantitative estimate of drug-likeness (QED) is 0.609. The molecule has 0 unspecified atom stereocenters. The third-order valence-corrected chi connectivity index (χ3v) is 3.54. The number of fused-ring (bicyclic) bond motifs is 1. The largest absolute Gasteiger partial charge is 0.418 e. The van der Waals surface area contributed by atoms with Crippen LogP contribution < -0.4 is 0 Å². The Labute approximate surface area is 129 Å². The molecule has 22 heavy (non-hydrogen) atoms. The molecule has 0 bridgehead atoms. The smallest absolute Gasteiger partial charge is 0.249 e. The number of alkyl halides is 3. The van der Waals surface area contributed by atoms with Gasteiger partial charge in [-0.2, -0.15) is 13.2 Å². The third kappa shape index (κ3) is 2.64. The molecular formula is C16H10ClF3N2.